The lowest BCUT2D eigenvalue weighted by atomic mass is 10.0. The molecule has 7 heteroatoms. The molecular formula is C31H16Br2N2O2S. The van der Waals surface area contributed by atoms with Gasteiger partial charge in [0.2, 0.25) is 0 Å². The van der Waals surface area contributed by atoms with Crippen molar-refractivity contribution in [3.05, 3.63) is 122 Å². The maximum absolute atomic E-state index is 13.5. The van der Waals surface area contributed by atoms with Gasteiger partial charge in [0.05, 0.1) is 11.1 Å². The number of aromatic nitrogens is 2. The quantitative estimate of drug-likeness (QED) is 0.144. The number of ketones is 2. The predicted octanol–water partition coefficient (Wildman–Crippen LogP) is 8.89. The van der Waals surface area contributed by atoms with Crippen molar-refractivity contribution in [3.8, 4) is 16.1 Å². The molecule has 2 aromatic heterocycles. The Kier molecular flexibility index (Phi) is 5.54. The van der Waals surface area contributed by atoms with Crippen molar-refractivity contribution in [2.45, 2.75) is 0 Å². The van der Waals surface area contributed by atoms with Crippen molar-refractivity contribution >= 4 is 82.0 Å². The van der Waals surface area contributed by atoms with Crippen LogP contribution in [0.4, 0.5) is 0 Å². The number of hydrogen-bond donors (Lipinski definition) is 0. The van der Waals surface area contributed by atoms with Gasteiger partial charge in [-0.1, -0.05) is 48.5 Å². The molecule has 0 amide bonds. The number of halogens is 2. The highest BCUT2D eigenvalue weighted by Gasteiger charge is 2.34. The van der Waals surface area contributed by atoms with Gasteiger partial charge in [0.25, 0.3) is 0 Å². The van der Waals surface area contributed by atoms with E-state index < -0.39 is 0 Å². The van der Waals surface area contributed by atoms with Crippen LogP contribution in [0.2, 0.25) is 0 Å². The number of para-hydroxylation sites is 1. The average Bonchev–Trinajstić information content (AvgIpc) is 3.56. The standard InChI is InChI=1S/C31H16Br2N2O2S/c32-24-13-18-11-21-22(12-19(18)14-25(24)33)30(37)23(29(21)36)15-28-34-31-26(35(28)20-9-5-2-6-10-20)16-27(38-31)17-7-3-1-4-8-17/h1-16H. The van der Waals surface area contributed by atoms with Gasteiger partial charge < -0.3 is 0 Å². The molecule has 1 aliphatic rings. The van der Waals surface area contributed by atoms with Gasteiger partial charge in [-0.3, -0.25) is 14.2 Å². The molecule has 0 saturated carbocycles. The monoisotopic (exact) mass is 638 g/mol. The van der Waals surface area contributed by atoms with Gasteiger partial charge in [-0.2, -0.15) is 0 Å². The molecule has 0 N–H and O–H groups in total. The summed E-state index contributed by atoms with van der Waals surface area (Å²) in [6.45, 7) is 0. The fourth-order valence-corrected chi connectivity index (χ4v) is 6.65. The molecule has 0 fully saturated rings. The van der Waals surface area contributed by atoms with Crippen LogP contribution in [0.3, 0.4) is 0 Å². The molecule has 6 aromatic rings. The van der Waals surface area contributed by atoms with Crippen LogP contribution in [0.5, 0.6) is 0 Å². The smallest absolute Gasteiger partial charge is 0.197 e. The van der Waals surface area contributed by atoms with Gasteiger partial charge in [0.15, 0.2) is 11.6 Å². The summed E-state index contributed by atoms with van der Waals surface area (Å²) in [6, 6.07) is 29.7. The first-order valence-corrected chi connectivity index (χ1v) is 14.3. The molecule has 0 atom stereocenters. The van der Waals surface area contributed by atoms with E-state index >= 15 is 0 Å². The minimum Gasteiger partial charge on any atom is -0.292 e. The molecule has 0 spiro atoms. The number of fused-ring (bicyclic) bond motifs is 3. The maximum atomic E-state index is 13.5. The molecule has 4 nitrogen and oxygen atoms in total. The summed E-state index contributed by atoms with van der Waals surface area (Å²) in [4.78, 5) is 33.9. The second-order valence-electron chi connectivity index (χ2n) is 9.04. The Labute approximate surface area is 238 Å². The Morgan fingerprint density at radius 3 is 1.92 bits per heavy atom. The van der Waals surface area contributed by atoms with Crippen LogP contribution in [0, 0.1) is 0 Å². The molecule has 2 heterocycles. The Morgan fingerprint density at radius 1 is 0.737 bits per heavy atom. The lowest BCUT2D eigenvalue weighted by Crippen LogP contribution is -2.03. The molecule has 0 aliphatic heterocycles. The normalized spacial score (nSPS) is 13.1. The van der Waals surface area contributed by atoms with E-state index in [9.17, 15) is 9.59 Å². The minimum absolute atomic E-state index is 0.131. The molecule has 38 heavy (non-hydrogen) atoms. The second-order valence-corrected chi connectivity index (χ2v) is 11.8. The third-order valence-electron chi connectivity index (χ3n) is 6.72. The van der Waals surface area contributed by atoms with Crippen molar-refractivity contribution in [2.24, 2.45) is 0 Å². The van der Waals surface area contributed by atoms with Gasteiger partial charge in [0.1, 0.15) is 10.7 Å². The fraction of sp³-hybridized carbons (Fsp3) is 0. The largest absolute Gasteiger partial charge is 0.292 e. The predicted molar refractivity (Wildman–Crippen MR) is 160 cm³/mol. The first-order chi connectivity index (χ1) is 18.5. The van der Waals surface area contributed by atoms with E-state index in [-0.39, 0.29) is 17.1 Å². The fourth-order valence-electron chi connectivity index (χ4n) is 4.90. The second kappa shape index (κ2) is 8.98. The number of thiophene rings is 1. The van der Waals surface area contributed by atoms with Crippen LogP contribution in [-0.4, -0.2) is 21.1 Å². The van der Waals surface area contributed by atoms with Gasteiger partial charge in [-0.25, -0.2) is 4.98 Å². The zero-order valence-corrected chi connectivity index (χ0v) is 23.6. The number of rotatable bonds is 3. The molecule has 1 aliphatic carbocycles. The summed E-state index contributed by atoms with van der Waals surface area (Å²) in [6.07, 6.45) is 1.64. The third kappa shape index (κ3) is 3.73. The number of hydrogen-bond acceptors (Lipinski definition) is 4. The molecule has 0 radical (unpaired) electrons. The van der Waals surface area contributed by atoms with E-state index in [0.29, 0.717) is 17.0 Å². The lowest BCUT2D eigenvalue weighted by molar-refractivity contribution is 0.0990. The highest BCUT2D eigenvalue weighted by molar-refractivity contribution is 9.13. The summed E-state index contributed by atoms with van der Waals surface area (Å²) in [7, 11) is 0. The van der Waals surface area contributed by atoms with Crippen molar-refractivity contribution in [3.63, 3.8) is 0 Å². The molecule has 0 unspecified atom stereocenters. The van der Waals surface area contributed by atoms with Crippen LogP contribution in [0.25, 0.3) is 43.3 Å². The van der Waals surface area contributed by atoms with Crippen LogP contribution in [0.15, 0.2) is 106 Å². The number of Topliss-reactive ketones (excluding diaryl/α,β-unsaturated/α-hetero) is 2. The number of nitrogens with zero attached hydrogens (tertiary/aromatic N) is 2. The van der Waals surface area contributed by atoms with Crippen molar-refractivity contribution < 1.29 is 9.59 Å². The Morgan fingerprint density at radius 2 is 1.32 bits per heavy atom. The zero-order valence-electron chi connectivity index (χ0n) is 19.6. The third-order valence-corrected chi connectivity index (χ3v) is 9.63. The first-order valence-electron chi connectivity index (χ1n) is 11.8. The van der Waals surface area contributed by atoms with Crippen LogP contribution < -0.4 is 0 Å². The van der Waals surface area contributed by atoms with Crippen LogP contribution >= 0.6 is 43.2 Å². The number of benzene rings is 4. The topological polar surface area (TPSA) is 52.0 Å². The van der Waals surface area contributed by atoms with E-state index in [4.69, 9.17) is 4.98 Å². The highest BCUT2D eigenvalue weighted by Crippen LogP contribution is 2.38. The van der Waals surface area contributed by atoms with Crippen LogP contribution in [0.1, 0.15) is 26.5 Å². The lowest BCUT2D eigenvalue weighted by Gasteiger charge is -2.07. The van der Waals surface area contributed by atoms with Gasteiger partial charge in [-0.15, -0.1) is 11.3 Å². The summed E-state index contributed by atoms with van der Waals surface area (Å²) in [5.41, 5.74) is 3.95. The van der Waals surface area contributed by atoms with Crippen molar-refractivity contribution in [1.29, 1.82) is 0 Å². The summed E-state index contributed by atoms with van der Waals surface area (Å²) >= 11 is 8.64. The Balaban J connectivity index is 1.39. The molecule has 0 saturated heterocycles. The summed E-state index contributed by atoms with van der Waals surface area (Å²) < 4.78 is 3.79. The van der Waals surface area contributed by atoms with Crippen LogP contribution in [-0.2, 0) is 0 Å². The van der Waals surface area contributed by atoms with Gasteiger partial charge in [0, 0.05) is 30.6 Å². The number of allylic oxidation sites excluding steroid dienone is 1. The molecule has 7 rings (SSSR count). The van der Waals surface area contributed by atoms with E-state index in [0.717, 1.165) is 46.2 Å². The molecular weight excluding hydrogens is 624 g/mol. The summed E-state index contributed by atoms with van der Waals surface area (Å²) in [5, 5.41) is 1.78. The maximum Gasteiger partial charge on any atom is 0.197 e. The number of carbonyl (C=O) groups is 2. The first kappa shape index (κ1) is 23.5. The number of imidazole rings is 1. The average molecular weight is 640 g/mol. The highest BCUT2D eigenvalue weighted by atomic mass is 79.9. The van der Waals surface area contributed by atoms with Crippen molar-refractivity contribution in [2.75, 3.05) is 0 Å². The molecule has 0 bridgehead atoms. The van der Waals surface area contributed by atoms with E-state index in [2.05, 4.69) is 50.1 Å². The van der Waals surface area contributed by atoms with E-state index in [1.54, 1.807) is 29.5 Å². The van der Waals surface area contributed by atoms with Gasteiger partial charge >= 0.3 is 0 Å². The van der Waals surface area contributed by atoms with E-state index in [1.807, 2.05) is 65.2 Å². The van der Waals surface area contributed by atoms with Crippen molar-refractivity contribution in [1.82, 2.24) is 9.55 Å². The zero-order chi connectivity index (χ0) is 26.0. The van der Waals surface area contributed by atoms with E-state index in [1.165, 1.54) is 0 Å². The minimum atomic E-state index is -0.276. The van der Waals surface area contributed by atoms with Gasteiger partial charge in [-0.05, 0) is 96.7 Å². The SMILES string of the molecule is O=C1C(=Cc2nc3sc(-c4ccccc4)cc3n2-c2ccccc2)C(=O)c2cc3cc(Br)c(Br)cc3cc21. The molecule has 182 valence electrons. The summed E-state index contributed by atoms with van der Waals surface area (Å²) in [5.74, 6) is 0.000348. The molecule has 4 aromatic carbocycles. The Bertz CT molecular complexity index is 1910. The Hall–Kier alpha value is -3.65. The number of carbonyl (C=O) groups excluding carboxylic acids is 2.